The minimum atomic E-state index is -1.31. The molecule has 24 heavy (non-hydrogen) atoms. The van der Waals surface area contributed by atoms with Gasteiger partial charge in [-0.1, -0.05) is 25.4 Å². The topological polar surface area (TPSA) is 98.0 Å². The molecule has 0 atom stereocenters. The van der Waals surface area contributed by atoms with Crippen LogP contribution < -0.4 is 5.43 Å². The van der Waals surface area contributed by atoms with E-state index in [1.54, 1.807) is 6.92 Å². The summed E-state index contributed by atoms with van der Waals surface area (Å²) in [5, 5.41) is 10.2. The van der Waals surface area contributed by atoms with Gasteiger partial charge in [-0.25, -0.2) is 14.8 Å². The Morgan fingerprint density at radius 1 is 1.38 bits per heavy atom. The maximum absolute atomic E-state index is 12.5. The van der Waals surface area contributed by atoms with Crippen LogP contribution in [-0.4, -0.2) is 30.0 Å². The van der Waals surface area contributed by atoms with Crippen molar-refractivity contribution < 1.29 is 9.90 Å². The Balaban J connectivity index is 2.43. The second-order valence-electron chi connectivity index (χ2n) is 5.60. The third-order valence-electron chi connectivity index (χ3n) is 3.51. The number of hydrogen-bond donors (Lipinski definition) is 1. The standard InChI is InChI=1S/C15H13ClN4O3S/c1-6(2)12-18-15(24-19-12)20-5-8(14(22)23)11(21)10-7(3)4-9(16)17-13(10)20/h4-6H,1-3H3,(H,22,23). The predicted molar refractivity (Wildman–Crippen MR) is 91.6 cm³/mol. The molecule has 0 unspecified atom stereocenters. The van der Waals surface area contributed by atoms with Gasteiger partial charge in [0, 0.05) is 23.6 Å². The first-order chi connectivity index (χ1) is 11.3. The second-order valence-corrected chi connectivity index (χ2v) is 6.71. The van der Waals surface area contributed by atoms with Gasteiger partial charge < -0.3 is 5.11 Å². The van der Waals surface area contributed by atoms with Crippen LogP contribution in [-0.2, 0) is 0 Å². The van der Waals surface area contributed by atoms with Gasteiger partial charge in [0.25, 0.3) is 0 Å². The number of fused-ring (bicyclic) bond motifs is 1. The fraction of sp³-hybridized carbons (Fsp3) is 0.267. The van der Waals surface area contributed by atoms with Crippen LogP contribution in [0.25, 0.3) is 16.2 Å². The van der Waals surface area contributed by atoms with Crippen molar-refractivity contribution in [3.63, 3.8) is 0 Å². The molecule has 3 aromatic heterocycles. The lowest BCUT2D eigenvalue weighted by Gasteiger charge is -2.10. The molecule has 0 aliphatic rings. The number of nitrogens with zero attached hydrogens (tertiary/aromatic N) is 4. The normalized spacial score (nSPS) is 11.4. The zero-order chi connectivity index (χ0) is 17.6. The molecule has 3 aromatic rings. The van der Waals surface area contributed by atoms with Crippen molar-refractivity contribution in [3.05, 3.63) is 44.6 Å². The first-order valence-electron chi connectivity index (χ1n) is 7.09. The number of carbonyl (C=O) groups is 1. The summed E-state index contributed by atoms with van der Waals surface area (Å²) in [6, 6.07) is 1.53. The van der Waals surface area contributed by atoms with Crippen LogP contribution >= 0.6 is 23.1 Å². The zero-order valence-electron chi connectivity index (χ0n) is 13.1. The van der Waals surface area contributed by atoms with E-state index in [1.165, 1.54) is 16.8 Å². The maximum atomic E-state index is 12.5. The molecule has 0 saturated heterocycles. The van der Waals surface area contributed by atoms with E-state index in [0.29, 0.717) is 16.5 Å². The number of aryl methyl sites for hydroxylation is 1. The molecule has 0 bridgehead atoms. The summed E-state index contributed by atoms with van der Waals surface area (Å²) in [6.45, 7) is 5.60. The summed E-state index contributed by atoms with van der Waals surface area (Å²) in [5.74, 6) is -0.547. The Morgan fingerprint density at radius 3 is 2.67 bits per heavy atom. The molecule has 7 nitrogen and oxygen atoms in total. The van der Waals surface area contributed by atoms with Gasteiger partial charge in [-0.05, 0) is 18.6 Å². The van der Waals surface area contributed by atoms with Crippen LogP contribution in [0.4, 0.5) is 0 Å². The average molecular weight is 365 g/mol. The highest BCUT2D eigenvalue weighted by molar-refractivity contribution is 7.08. The van der Waals surface area contributed by atoms with Crippen molar-refractivity contribution in [2.24, 2.45) is 0 Å². The van der Waals surface area contributed by atoms with Crippen LogP contribution in [0.3, 0.4) is 0 Å². The highest BCUT2D eigenvalue weighted by Gasteiger charge is 2.20. The van der Waals surface area contributed by atoms with Gasteiger partial charge in [0.05, 0.1) is 5.39 Å². The van der Waals surface area contributed by atoms with E-state index < -0.39 is 11.4 Å². The smallest absolute Gasteiger partial charge is 0.341 e. The van der Waals surface area contributed by atoms with E-state index in [4.69, 9.17) is 11.6 Å². The Hall–Kier alpha value is -2.32. The summed E-state index contributed by atoms with van der Waals surface area (Å²) in [4.78, 5) is 32.6. The zero-order valence-corrected chi connectivity index (χ0v) is 14.6. The highest BCUT2D eigenvalue weighted by atomic mass is 35.5. The Kier molecular flexibility index (Phi) is 4.10. The van der Waals surface area contributed by atoms with Gasteiger partial charge in [-0.15, -0.1) is 0 Å². The first kappa shape index (κ1) is 16.5. The van der Waals surface area contributed by atoms with E-state index >= 15 is 0 Å². The fourth-order valence-electron chi connectivity index (χ4n) is 2.31. The third-order valence-corrected chi connectivity index (χ3v) is 4.43. The fourth-order valence-corrected chi connectivity index (χ4v) is 3.34. The molecule has 124 valence electrons. The van der Waals surface area contributed by atoms with Gasteiger partial charge >= 0.3 is 5.97 Å². The molecule has 0 spiro atoms. The number of rotatable bonds is 3. The molecule has 9 heteroatoms. The Morgan fingerprint density at radius 2 is 2.08 bits per heavy atom. The predicted octanol–water partition coefficient (Wildman–Crippen LogP) is 3.02. The van der Waals surface area contributed by atoms with Crippen molar-refractivity contribution in [1.29, 1.82) is 0 Å². The van der Waals surface area contributed by atoms with Crippen molar-refractivity contribution in [3.8, 4) is 5.13 Å². The molecular formula is C15H13ClN4O3S. The molecule has 3 rings (SSSR count). The molecule has 1 N–H and O–H groups in total. The summed E-state index contributed by atoms with van der Waals surface area (Å²) in [6.07, 6.45) is 1.22. The largest absolute Gasteiger partial charge is 0.477 e. The maximum Gasteiger partial charge on any atom is 0.341 e. The quantitative estimate of drug-likeness (QED) is 0.717. The SMILES string of the molecule is Cc1cc(Cl)nc2c1c(=O)c(C(=O)O)cn2-c1nc(C(C)C)ns1. The summed E-state index contributed by atoms with van der Waals surface area (Å²) < 4.78 is 5.73. The van der Waals surface area contributed by atoms with Crippen LogP contribution in [0.15, 0.2) is 17.1 Å². The molecule has 0 amide bonds. The highest BCUT2D eigenvalue weighted by Crippen LogP contribution is 2.24. The van der Waals surface area contributed by atoms with E-state index in [1.807, 2.05) is 13.8 Å². The van der Waals surface area contributed by atoms with Crippen LogP contribution in [0.1, 0.15) is 41.5 Å². The molecule has 0 radical (unpaired) electrons. The lowest BCUT2D eigenvalue weighted by Crippen LogP contribution is -2.20. The third kappa shape index (κ3) is 2.67. The minimum absolute atomic E-state index is 0.123. The molecule has 0 aromatic carbocycles. The molecule has 0 aliphatic heterocycles. The summed E-state index contributed by atoms with van der Waals surface area (Å²) in [5.41, 5.74) is -0.123. The number of carboxylic acids is 1. The number of halogens is 1. The number of carboxylic acid groups (broad SMARTS) is 1. The van der Waals surface area contributed by atoms with Crippen LogP contribution in [0.5, 0.6) is 0 Å². The average Bonchev–Trinajstić information content (AvgIpc) is 2.96. The Bertz CT molecular complexity index is 1030. The molecule has 0 aliphatic carbocycles. The lowest BCUT2D eigenvalue weighted by atomic mass is 10.1. The van der Waals surface area contributed by atoms with Crippen molar-refractivity contribution >= 4 is 40.1 Å². The second kappa shape index (κ2) is 5.95. The van der Waals surface area contributed by atoms with E-state index in [0.717, 1.165) is 11.5 Å². The number of aromatic nitrogens is 4. The van der Waals surface area contributed by atoms with Crippen molar-refractivity contribution in [2.45, 2.75) is 26.7 Å². The van der Waals surface area contributed by atoms with Crippen LogP contribution in [0, 0.1) is 6.92 Å². The van der Waals surface area contributed by atoms with Crippen molar-refractivity contribution in [1.82, 2.24) is 18.9 Å². The Labute approximate surface area is 145 Å². The minimum Gasteiger partial charge on any atom is -0.477 e. The molecule has 3 heterocycles. The van der Waals surface area contributed by atoms with Gasteiger partial charge in [0.2, 0.25) is 10.6 Å². The van der Waals surface area contributed by atoms with E-state index in [2.05, 4.69) is 14.3 Å². The van der Waals surface area contributed by atoms with E-state index in [9.17, 15) is 14.7 Å². The first-order valence-corrected chi connectivity index (χ1v) is 8.24. The van der Waals surface area contributed by atoms with Crippen molar-refractivity contribution in [2.75, 3.05) is 0 Å². The van der Waals surface area contributed by atoms with Gasteiger partial charge in [-0.3, -0.25) is 9.36 Å². The van der Waals surface area contributed by atoms with Gasteiger partial charge in [0.1, 0.15) is 16.5 Å². The number of aromatic carboxylic acids is 1. The van der Waals surface area contributed by atoms with E-state index in [-0.39, 0.29) is 27.7 Å². The summed E-state index contributed by atoms with van der Waals surface area (Å²) >= 11 is 7.13. The molecule has 0 saturated carbocycles. The monoisotopic (exact) mass is 364 g/mol. The molecular weight excluding hydrogens is 352 g/mol. The van der Waals surface area contributed by atoms with Crippen LogP contribution in [0.2, 0.25) is 5.15 Å². The number of hydrogen-bond acceptors (Lipinski definition) is 6. The van der Waals surface area contributed by atoms with Gasteiger partial charge in [-0.2, -0.15) is 4.37 Å². The number of pyridine rings is 2. The van der Waals surface area contributed by atoms with Gasteiger partial charge in [0.15, 0.2) is 5.65 Å². The lowest BCUT2D eigenvalue weighted by molar-refractivity contribution is 0.0695. The molecule has 0 fully saturated rings. The summed E-state index contributed by atoms with van der Waals surface area (Å²) in [7, 11) is 0.